The predicted molar refractivity (Wildman–Crippen MR) is 23.1 cm³/mol. The van der Waals surface area contributed by atoms with Crippen LogP contribution in [0, 0.1) is 0 Å². The van der Waals surface area contributed by atoms with Crippen molar-refractivity contribution in [2.75, 3.05) is 7.05 Å². The van der Waals surface area contributed by atoms with Gasteiger partial charge in [0.15, 0.2) is 0 Å². The van der Waals surface area contributed by atoms with Crippen molar-refractivity contribution < 1.29 is 0 Å². The second-order valence-corrected chi connectivity index (χ2v) is 1.15. The molecule has 0 aromatic heterocycles. The molecule has 0 aromatic carbocycles. The Morgan fingerprint density at radius 3 is 2.25 bits per heavy atom. The highest BCUT2D eigenvalue weighted by atomic mass is 31.1. The molecule has 0 fully saturated rings. The van der Waals surface area contributed by atoms with Crippen LogP contribution in [-0.2, 0) is 0 Å². The Kier molecular flexibility index (Phi) is 3.23. The molecule has 0 amide bonds. The normalized spacial score (nSPS) is 8.25. The van der Waals surface area contributed by atoms with Gasteiger partial charge in [-0.05, 0) is 15.4 Å². The molecule has 24 valence electrons. The first kappa shape index (κ1) is 4.13. The highest BCUT2D eigenvalue weighted by Gasteiger charge is 1.38. The number of hydrogen-bond donors (Lipinski definition) is 1. The molecular formula is C2H6NP. The summed E-state index contributed by atoms with van der Waals surface area (Å²) in [7, 11) is 2.85. The summed E-state index contributed by atoms with van der Waals surface area (Å²) in [5.74, 6) is 0. The van der Waals surface area contributed by atoms with E-state index in [2.05, 4.69) is 11.4 Å². The topological polar surface area (TPSA) is 12.0 Å². The zero-order chi connectivity index (χ0) is 3.41. The Morgan fingerprint density at radius 1 is 2.00 bits per heavy atom. The van der Waals surface area contributed by atoms with Crippen molar-refractivity contribution in [3.63, 3.8) is 0 Å². The first-order chi connectivity index (χ1) is 1.91. The Labute approximate surface area is 27.9 Å². The van der Waals surface area contributed by atoms with Gasteiger partial charge in [0.05, 0.1) is 0 Å². The molecule has 0 unspecified atom stereocenters. The first-order valence-corrected chi connectivity index (χ1v) is 2.12. The van der Waals surface area contributed by atoms with Gasteiger partial charge in [0.25, 0.3) is 0 Å². The fourth-order valence-electron chi connectivity index (χ4n) is 0. The summed E-state index contributed by atoms with van der Waals surface area (Å²) in [5.41, 5.74) is 0. The molecule has 0 aliphatic rings. The molecule has 2 heteroatoms. The second-order valence-electron chi connectivity index (χ2n) is 0.382. The third-order valence-corrected chi connectivity index (χ3v) is 0.474. The molecule has 0 rings (SSSR count). The van der Waals surface area contributed by atoms with Crippen molar-refractivity contribution in [3.05, 3.63) is 0 Å². The summed E-state index contributed by atoms with van der Waals surface area (Å²) >= 11 is 0. The zero-order valence-electron chi connectivity index (χ0n) is 2.65. The monoisotopic (exact) mass is 75.0 g/mol. The molecule has 1 nitrogen and oxygen atoms in total. The maximum absolute atomic E-state index is 3.47. The van der Waals surface area contributed by atoms with Gasteiger partial charge < -0.3 is 0 Å². The van der Waals surface area contributed by atoms with E-state index in [0.717, 1.165) is 8.35 Å². The Morgan fingerprint density at radius 2 is 2.25 bits per heavy atom. The van der Waals surface area contributed by atoms with E-state index in [1.807, 2.05) is 7.05 Å². The van der Waals surface area contributed by atoms with Gasteiger partial charge in [-0.25, -0.2) is 0 Å². The lowest BCUT2D eigenvalue weighted by Crippen LogP contribution is -1.78. The predicted octanol–water partition coefficient (Wildman–Crippen LogP) is 0.499. The molecule has 0 spiro atoms. The summed E-state index contributed by atoms with van der Waals surface area (Å²) in [6.45, 7) is 0. The van der Waals surface area contributed by atoms with Gasteiger partial charge >= 0.3 is 0 Å². The molecular weight excluding hydrogens is 69.0 g/mol. The SMILES string of the molecule is C=PNC. The van der Waals surface area contributed by atoms with Crippen LogP contribution in [0.3, 0.4) is 0 Å². The van der Waals surface area contributed by atoms with Crippen LogP contribution >= 0.6 is 8.35 Å². The number of rotatable bonds is 1. The van der Waals surface area contributed by atoms with Gasteiger partial charge in [-0.2, -0.15) is 0 Å². The van der Waals surface area contributed by atoms with E-state index in [1.165, 1.54) is 0 Å². The average molecular weight is 75.1 g/mol. The van der Waals surface area contributed by atoms with Gasteiger partial charge in [0.1, 0.15) is 0 Å². The maximum atomic E-state index is 3.47. The van der Waals surface area contributed by atoms with Crippen LogP contribution in [0.2, 0.25) is 0 Å². The van der Waals surface area contributed by atoms with Gasteiger partial charge in [0, 0.05) is 0 Å². The summed E-state index contributed by atoms with van der Waals surface area (Å²) in [6, 6.07) is 0. The minimum absolute atomic E-state index is 0.998. The molecule has 0 aliphatic heterocycles. The number of nitrogens with one attached hydrogen (secondary N) is 1. The van der Waals surface area contributed by atoms with Crippen LogP contribution in [0.5, 0.6) is 0 Å². The van der Waals surface area contributed by atoms with E-state index >= 15 is 0 Å². The average Bonchev–Trinajstić information content (AvgIpc) is 1.37. The van der Waals surface area contributed by atoms with Crippen molar-refractivity contribution in [1.29, 1.82) is 0 Å². The minimum atomic E-state index is 0.998. The lowest BCUT2D eigenvalue weighted by Gasteiger charge is -1.65. The molecule has 0 saturated carbocycles. The van der Waals surface area contributed by atoms with Crippen LogP contribution in [0.1, 0.15) is 0 Å². The summed E-state index contributed by atoms with van der Waals surface area (Å²) in [4.78, 5) is 0. The van der Waals surface area contributed by atoms with Crippen LogP contribution in [0.15, 0.2) is 0 Å². The fraction of sp³-hybridized carbons (Fsp3) is 0.500. The first-order valence-electron chi connectivity index (χ1n) is 1.04. The zero-order valence-corrected chi connectivity index (χ0v) is 3.55. The highest BCUT2D eigenvalue weighted by molar-refractivity contribution is 7.34. The molecule has 0 aliphatic carbocycles. The smallest absolute Gasteiger partial charge is 0.00795 e. The molecule has 0 radical (unpaired) electrons. The molecule has 1 N–H and O–H groups in total. The summed E-state index contributed by atoms with van der Waals surface area (Å²) < 4.78 is 0. The molecule has 0 bridgehead atoms. The third kappa shape index (κ3) is 2.13. The Bertz CT molecular complexity index is 20.0. The summed E-state index contributed by atoms with van der Waals surface area (Å²) in [5, 5.41) is 2.79. The lowest BCUT2D eigenvalue weighted by molar-refractivity contribution is 1.30. The molecule has 0 atom stereocenters. The van der Waals surface area contributed by atoms with Gasteiger partial charge in [-0.3, -0.25) is 5.09 Å². The standard InChI is InChI=1S/C2H6NP/c1-3-4-2/h3H,2H2,1H3. The highest BCUT2D eigenvalue weighted by Crippen LogP contribution is 1.66. The van der Waals surface area contributed by atoms with E-state index < -0.39 is 0 Å². The van der Waals surface area contributed by atoms with Crippen molar-refractivity contribution >= 4 is 14.7 Å². The third-order valence-electron chi connectivity index (χ3n) is 0.158. The van der Waals surface area contributed by atoms with Crippen molar-refractivity contribution in [3.8, 4) is 0 Å². The van der Waals surface area contributed by atoms with E-state index in [4.69, 9.17) is 0 Å². The van der Waals surface area contributed by atoms with Crippen molar-refractivity contribution in [2.45, 2.75) is 0 Å². The van der Waals surface area contributed by atoms with Crippen molar-refractivity contribution in [1.82, 2.24) is 5.09 Å². The number of hydrogen-bond acceptors (Lipinski definition) is 1. The quantitative estimate of drug-likeness (QED) is 0.447. The summed E-state index contributed by atoms with van der Waals surface area (Å²) in [6.07, 6.45) is 3.47. The van der Waals surface area contributed by atoms with E-state index in [-0.39, 0.29) is 0 Å². The van der Waals surface area contributed by atoms with Crippen LogP contribution in [0.25, 0.3) is 0 Å². The van der Waals surface area contributed by atoms with Gasteiger partial charge in [-0.1, -0.05) is 6.30 Å². The molecule has 0 heterocycles. The van der Waals surface area contributed by atoms with Crippen LogP contribution in [0.4, 0.5) is 0 Å². The van der Waals surface area contributed by atoms with E-state index in [9.17, 15) is 0 Å². The Balaban J connectivity index is 2.30. The van der Waals surface area contributed by atoms with Gasteiger partial charge in [-0.15, -0.1) is 0 Å². The fourth-order valence-corrected chi connectivity index (χ4v) is 0. The molecule has 4 heavy (non-hydrogen) atoms. The van der Waals surface area contributed by atoms with E-state index in [1.54, 1.807) is 0 Å². The van der Waals surface area contributed by atoms with Crippen LogP contribution in [-0.4, -0.2) is 13.3 Å². The van der Waals surface area contributed by atoms with Crippen molar-refractivity contribution in [2.24, 2.45) is 0 Å². The lowest BCUT2D eigenvalue weighted by atomic mass is 11.6. The molecule has 0 saturated heterocycles. The maximum Gasteiger partial charge on any atom is -0.00795 e. The molecule has 0 aromatic rings. The Hall–Kier alpha value is 0.130. The van der Waals surface area contributed by atoms with Crippen LogP contribution < -0.4 is 5.09 Å². The largest absolute Gasteiger partial charge is 0.275 e. The second kappa shape index (κ2) is 3.13. The minimum Gasteiger partial charge on any atom is -0.275 e. The van der Waals surface area contributed by atoms with Gasteiger partial charge in [0.2, 0.25) is 0 Å². The van der Waals surface area contributed by atoms with E-state index in [0.29, 0.717) is 0 Å².